The van der Waals surface area contributed by atoms with Crippen LogP contribution in [0.4, 0.5) is 0 Å². The van der Waals surface area contributed by atoms with E-state index in [2.05, 4.69) is 0 Å². The molecule has 62 valence electrons. The van der Waals surface area contributed by atoms with Crippen molar-refractivity contribution in [2.45, 2.75) is 5.25 Å². The van der Waals surface area contributed by atoms with Gasteiger partial charge in [0.25, 0.3) is 0 Å². The molecule has 0 aromatic carbocycles. The Hall–Kier alpha value is 0.990. The van der Waals surface area contributed by atoms with Crippen molar-refractivity contribution in [1.29, 1.82) is 0 Å². The van der Waals surface area contributed by atoms with Crippen molar-refractivity contribution in [2.24, 2.45) is 0 Å². The average Bonchev–Trinajstić information content (AvgIpc) is 2.17. The lowest BCUT2D eigenvalue weighted by atomic mass is 10.5. The van der Waals surface area contributed by atoms with E-state index < -0.39 is 0 Å². The Morgan fingerprint density at radius 2 is 1.36 bits per heavy atom. The van der Waals surface area contributed by atoms with Gasteiger partial charge in [0, 0.05) is 0 Å². The summed E-state index contributed by atoms with van der Waals surface area (Å²) in [6.07, 6.45) is 1.90. The number of hydrogen-bond donors (Lipinski definition) is 0. The third kappa shape index (κ3) is 1.68. The minimum absolute atomic E-state index is 0.0710. The Morgan fingerprint density at radius 3 is 1.55 bits per heavy atom. The summed E-state index contributed by atoms with van der Waals surface area (Å²) in [4.78, 5) is 0. The molecule has 1 rings (SSSR count). The van der Waals surface area contributed by atoms with E-state index in [4.69, 9.17) is 46.4 Å². The van der Waals surface area contributed by atoms with Crippen molar-refractivity contribution in [1.82, 2.24) is 0 Å². The zero-order chi connectivity index (χ0) is 8.59. The molecule has 0 atom stereocenters. The molecule has 0 aromatic heterocycles. The summed E-state index contributed by atoms with van der Waals surface area (Å²) in [6.45, 7) is 0. The molecule has 0 saturated heterocycles. The minimum Gasteiger partial charge on any atom is -0.150 e. The maximum atomic E-state index is 5.83. The van der Waals surface area contributed by atoms with Crippen molar-refractivity contribution in [3.63, 3.8) is 0 Å². The first-order valence-corrected chi connectivity index (χ1v) is 5.53. The molecule has 1 aliphatic rings. The molecule has 0 fully saturated rings. The third-order valence-corrected chi connectivity index (χ3v) is 4.40. The van der Waals surface area contributed by atoms with Crippen LogP contribution in [-0.2, 0) is 0 Å². The topological polar surface area (TPSA) is 0 Å². The van der Waals surface area contributed by atoms with Gasteiger partial charge in [0.05, 0.1) is 25.4 Å². The van der Waals surface area contributed by atoms with Gasteiger partial charge in [-0.2, -0.15) is 11.8 Å². The van der Waals surface area contributed by atoms with Crippen LogP contribution in [0.3, 0.4) is 0 Å². The van der Waals surface area contributed by atoms with Gasteiger partial charge in [-0.3, -0.25) is 0 Å². The van der Waals surface area contributed by atoms with E-state index in [1.165, 1.54) is 11.8 Å². The molecule has 0 unspecified atom stereocenters. The van der Waals surface area contributed by atoms with Crippen LogP contribution in [0, 0.1) is 0 Å². The van der Waals surface area contributed by atoms with Crippen LogP contribution < -0.4 is 0 Å². The number of thioether (sulfide) groups is 1. The molecule has 0 bridgehead atoms. The molecule has 0 saturated carbocycles. The number of allylic oxidation sites excluding steroid dienone is 2. The molecule has 0 radical (unpaired) electrons. The van der Waals surface area contributed by atoms with Gasteiger partial charge in [-0.25, -0.2) is 0 Å². The van der Waals surface area contributed by atoms with Gasteiger partial charge in [-0.05, 0) is 6.26 Å². The Kier molecular flexibility index (Phi) is 3.48. The minimum atomic E-state index is -0.0710. The van der Waals surface area contributed by atoms with Crippen LogP contribution in [0.5, 0.6) is 0 Å². The molecular weight excluding hydrogens is 246 g/mol. The zero-order valence-corrected chi connectivity index (χ0v) is 9.34. The maximum absolute atomic E-state index is 5.83. The fraction of sp³-hybridized carbons (Fsp3) is 0.333. The normalized spacial score (nSPS) is 20.5. The summed E-state index contributed by atoms with van der Waals surface area (Å²) in [7, 11) is 0. The Balaban J connectivity index is 3.04. The first-order chi connectivity index (χ1) is 5.09. The van der Waals surface area contributed by atoms with Gasteiger partial charge in [0.15, 0.2) is 0 Å². The molecule has 0 aromatic rings. The van der Waals surface area contributed by atoms with Gasteiger partial charge in [0.1, 0.15) is 0 Å². The lowest BCUT2D eigenvalue weighted by Gasteiger charge is -2.05. The van der Waals surface area contributed by atoms with Crippen molar-refractivity contribution in [3.8, 4) is 0 Å². The van der Waals surface area contributed by atoms with Gasteiger partial charge in [0.2, 0.25) is 0 Å². The van der Waals surface area contributed by atoms with Gasteiger partial charge < -0.3 is 0 Å². The van der Waals surface area contributed by atoms with Crippen LogP contribution in [0.25, 0.3) is 0 Å². The third-order valence-electron chi connectivity index (χ3n) is 1.31. The fourth-order valence-electron chi connectivity index (χ4n) is 0.758. The monoisotopic (exact) mass is 248 g/mol. The lowest BCUT2D eigenvalue weighted by molar-refractivity contribution is 1.39. The molecule has 5 heteroatoms. The Labute approximate surface area is 89.5 Å². The van der Waals surface area contributed by atoms with Crippen LogP contribution in [-0.4, -0.2) is 11.5 Å². The maximum Gasteiger partial charge on any atom is 0.0789 e. The first kappa shape index (κ1) is 10.1. The second-order valence-electron chi connectivity index (χ2n) is 1.94. The summed E-state index contributed by atoms with van der Waals surface area (Å²) in [5, 5.41) is 1.72. The lowest BCUT2D eigenvalue weighted by Crippen LogP contribution is -1.97. The SMILES string of the molecule is CSC1C(Cl)=C(Cl)C(Cl)=C1Cl. The summed E-state index contributed by atoms with van der Waals surface area (Å²) in [5.74, 6) is 0. The molecule has 1 aliphatic carbocycles. The largest absolute Gasteiger partial charge is 0.150 e. The summed E-state index contributed by atoms with van der Waals surface area (Å²) < 4.78 is 0. The van der Waals surface area contributed by atoms with E-state index >= 15 is 0 Å². The highest BCUT2D eigenvalue weighted by Crippen LogP contribution is 2.45. The second kappa shape index (κ2) is 3.80. The number of rotatable bonds is 1. The fourth-order valence-corrected chi connectivity index (χ4v) is 3.05. The van der Waals surface area contributed by atoms with Crippen molar-refractivity contribution < 1.29 is 0 Å². The summed E-state index contributed by atoms with van der Waals surface area (Å²) in [5.41, 5.74) is 0. The Morgan fingerprint density at radius 1 is 1.00 bits per heavy atom. The molecule has 0 aliphatic heterocycles. The molecule has 0 amide bonds. The number of halogens is 4. The van der Waals surface area contributed by atoms with Crippen molar-refractivity contribution >= 4 is 58.2 Å². The van der Waals surface area contributed by atoms with Crippen LogP contribution in [0.2, 0.25) is 0 Å². The summed E-state index contributed by atoms with van der Waals surface area (Å²) >= 11 is 24.7. The van der Waals surface area contributed by atoms with E-state index in [-0.39, 0.29) is 5.25 Å². The summed E-state index contributed by atoms with van der Waals surface area (Å²) in [6, 6.07) is 0. The van der Waals surface area contributed by atoms with Crippen LogP contribution in [0.1, 0.15) is 0 Å². The van der Waals surface area contributed by atoms with Gasteiger partial charge >= 0.3 is 0 Å². The quantitative estimate of drug-likeness (QED) is 0.674. The Bertz CT molecular complexity index is 219. The highest BCUT2D eigenvalue weighted by Gasteiger charge is 2.29. The van der Waals surface area contributed by atoms with Gasteiger partial charge in [-0.1, -0.05) is 46.4 Å². The van der Waals surface area contributed by atoms with Crippen LogP contribution >= 0.6 is 58.2 Å². The highest BCUT2D eigenvalue weighted by molar-refractivity contribution is 7.99. The molecule has 11 heavy (non-hydrogen) atoms. The molecule has 0 spiro atoms. The van der Waals surface area contributed by atoms with E-state index in [1.807, 2.05) is 6.26 Å². The predicted molar refractivity (Wildman–Crippen MR) is 54.8 cm³/mol. The van der Waals surface area contributed by atoms with Crippen molar-refractivity contribution in [3.05, 3.63) is 20.1 Å². The van der Waals surface area contributed by atoms with Crippen LogP contribution in [0.15, 0.2) is 20.1 Å². The number of hydrogen-bond acceptors (Lipinski definition) is 1. The molecular formula is C6H4Cl4S. The van der Waals surface area contributed by atoms with E-state index in [0.717, 1.165) is 0 Å². The molecule has 0 nitrogen and oxygen atoms in total. The van der Waals surface area contributed by atoms with E-state index in [0.29, 0.717) is 20.1 Å². The van der Waals surface area contributed by atoms with E-state index in [1.54, 1.807) is 0 Å². The standard InChI is InChI=1S/C6H4Cl4S/c1-11-6-4(9)2(7)3(8)5(6)10/h6H,1H3. The van der Waals surface area contributed by atoms with Gasteiger partial charge in [-0.15, -0.1) is 0 Å². The first-order valence-electron chi connectivity index (χ1n) is 2.73. The molecule has 0 N–H and O–H groups in total. The average molecular weight is 250 g/mol. The second-order valence-corrected chi connectivity index (χ2v) is 4.45. The smallest absolute Gasteiger partial charge is 0.0789 e. The van der Waals surface area contributed by atoms with E-state index in [9.17, 15) is 0 Å². The highest BCUT2D eigenvalue weighted by atomic mass is 35.5. The van der Waals surface area contributed by atoms with Crippen molar-refractivity contribution in [2.75, 3.05) is 6.26 Å². The molecule has 0 heterocycles. The zero-order valence-electron chi connectivity index (χ0n) is 5.50. The predicted octanol–water partition coefficient (Wildman–Crippen LogP) is 4.11.